The minimum atomic E-state index is -3.14. The van der Waals surface area contributed by atoms with Gasteiger partial charge in [0.2, 0.25) is 5.89 Å². The van der Waals surface area contributed by atoms with Crippen LogP contribution in [0.15, 0.2) is 4.52 Å². The Morgan fingerprint density at radius 1 is 1.53 bits per heavy atom. The highest BCUT2D eigenvalue weighted by Gasteiger charge is 2.17. The fourth-order valence-corrected chi connectivity index (χ4v) is 1.93. The van der Waals surface area contributed by atoms with Crippen LogP contribution in [-0.4, -0.2) is 24.8 Å². The van der Waals surface area contributed by atoms with Crippen molar-refractivity contribution in [3.63, 3.8) is 0 Å². The van der Waals surface area contributed by atoms with Crippen molar-refractivity contribution in [2.45, 2.75) is 30.9 Å². The largest absolute Gasteiger partial charge is 0.338 e. The first-order valence-corrected chi connectivity index (χ1v) is 7.06. The van der Waals surface area contributed by atoms with Crippen LogP contribution in [-0.2, 0) is 15.6 Å². The molecule has 0 N–H and O–H groups in total. The summed E-state index contributed by atoms with van der Waals surface area (Å²) in [5, 5.41) is 3.32. The van der Waals surface area contributed by atoms with Crippen molar-refractivity contribution in [3.8, 4) is 0 Å². The molecular weight excluding hydrogens is 240 g/mol. The first-order chi connectivity index (χ1) is 6.92. The summed E-state index contributed by atoms with van der Waals surface area (Å²) in [6, 6.07) is 0. The average molecular weight is 253 g/mol. The van der Waals surface area contributed by atoms with Crippen molar-refractivity contribution >= 4 is 21.4 Å². The van der Waals surface area contributed by atoms with Crippen LogP contribution in [0, 0.1) is 0 Å². The second-order valence-corrected chi connectivity index (χ2v) is 6.04. The summed E-state index contributed by atoms with van der Waals surface area (Å²) < 4.78 is 26.7. The van der Waals surface area contributed by atoms with Crippen LogP contribution in [0.2, 0.25) is 0 Å². The maximum Gasteiger partial charge on any atom is 0.241 e. The number of hydrogen-bond donors (Lipinski definition) is 0. The number of nitrogens with zero attached hydrogens (tertiary/aromatic N) is 2. The normalized spacial score (nSPS) is 14.1. The van der Waals surface area contributed by atoms with Gasteiger partial charge in [0.1, 0.15) is 5.75 Å². The number of halogens is 1. The number of rotatable bonds is 5. The Morgan fingerprint density at radius 3 is 2.73 bits per heavy atom. The molecule has 0 aliphatic heterocycles. The standard InChI is InChI=1S/C8H13ClN2O3S/c1-3-4-6(9)8-10-7(14-11-8)5-15(2,12)13/h6H,3-5H2,1-2H3. The SMILES string of the molecule is CCCC(Cl)c1noc(CS(C)(=O)=O)n1. The first-order valence-electron chi connectivity index (χ1n) is 4.56. The Balaban J connectivity index is 2.72. The van der Waals surface area contributed by atoms with Crippen molar-refractivity contribution in [2.75, 3.05) is 6.26 Å². The molecule has 1 aromatic heterocycles. The van der Waals surface area contributed by atoms with E-state index in [0.29, 0.717) is 5.82 Å². The van der Waals surface area contributed by atoms with E-state index in [-0.39, 0.29) is 17.0 Å². The van der Waals surface area contributed by atoms with Crippen LogP contribution < -0.4 is 0 Å². The van der Waals surface area contributed by atoms with E-state index in [2.05, 4.69) is 10.1 Å². The predicted octanol–water partition coefficient (Wildman–Crippen LogP) is 1.69. The Morgan fingerprint density at radius 2 is 2.20 bits per heavy atom. The van der Waals surface area contributed by atoms with Gasteiger partial charge in [-0.05, 0) is 6.42 Å². The van der Waals surface area contributed by atoms with E-state index in [9.17, 15) is 8.42 Å². The maximum absolute atomic E-state index is 10.9. The molecule has 0 spiro atoms. The minimum absolute atomic E-state index is 0.0919. The first kappa shape index (κ1) is 12.4. The molecule has 0 aromatic carbocycles. The lowest BCUT2D eigenvalue weighted by atomic mass is 10.2. The molecule has 0 bridgehead atoms. The molecule has 0 saturated carbocycles. The van der Waals surface area contributed by atoms with E-state index in [1.807, 2.05) is 6.92 Å². The monoisotopic (exact) mass is 252 g/mol. The van der Waals surface area contributed by atoms with Crippen molar-refractivity contribution in [1.29, 1.82) is 0 Å². The van der Waals surface area contributed by atoms with E-state index < -0.39 is 9.84 Å². The van der Waals surface area contributed by atoms with Gasteiger partial charge in [0.25, 0.3) is 0 Å². The zero-order valence-corrected chi connectivity index (χ0v) is 10.2. The van der Waals surface area contributed by atoms with E-state index in [4.69, 9.17) is 16.1 Å². The third-order valence-corrected chi connectivity index (χ3v) is 2.88. The van der Waals surface area contributed by atoms with Gasteiger partial charge in [0.15, 0.2) is 15.7 Å². The van der Waals surface area contributed by atoms with Gasteiger partial charge in [-0.1, -0.05) is 18.5 Å². The summed E-state index contributed by atoms with van der Waals surface area (Å²) in [5.74, 6) is 0.210. The fraction of sp³-hybridized carbons (Fsp3) is 0.750. The van der Waals surface area contributed by atoms with E-state index in [0.717, 1.165) is 19.1 Å². The lowest BCUT2D eigenvalue weighted by molar-refractivity contribution is 0.381. The number of hydrogen-bond acceptors (Lipinski definition) is 5. The van der Waals surface area contributed by atoms with Crippen LogP contribution >= 0.6 is 11.6 Å². The summed E-state index contributed by atoms with van der Waals surface area (Å²) in [7, 11) is -3.14. The van der Waals surface area contributed by atoms with Crippen molar-refractivity contribution in [1.82, 2.24) is 10.1 Å². The molecule has 0 saturated heterocycles. The van der Waals surface area contributed by atoms with Crippen LogP contribution in [0.25, 0.3) is 0 Å². The molecule has 5 nitrogen and oxygen atoms in total. The molecule has 0 amide bonds. The molecule has 1 heterocycles. The van der Waals surface area contributed by atoms with E-state index >= 15 is 0 Å². The van der Waals surface area contributed by atoms with Crippen LogP contribution in [0.3, 0.4) is 0 Å². The van der Waals surface area contributed by atoms with Crippen LogP contribution in [0.5, 0.6) is 0 Å². The molecule has 0 aliphatic rings. The quantitative estimate of drug-likeness (QED) is 0.746. The smallest absolute Gasteiger partial charge is 0.241 e. The second-order valence-electron chi connectivity index (χ2n) is 3.37. The Labute approximate surface area is 93.7 Å². The Bertz CT molecular complexity index is 415. The van der Waals surface area contributed by atoms with Crippen LogP contribution in [0.4, 0.5) is 0 Å². The number of aromatic nitrogens is 2. The van der Waals surface area contributed by atoms with Gasteiger partial charge in [-0.3, -0.25) is 0 Å². The number of sulfone groups is 1. The number of alkyl halides is 1. The molecule has 1 rings (SSSR count). The molecule has 15 heavy (non-hydrogen) atoms. The van der Waals surface area contributed by atoms with Gasteiger partial charge < -0.3 is 4.52 Å². The zero-order valence-electron chi connectivity index (χ0n) is 8.60. The second kappa shape index (κ2) is 4.94. The summed E-state index contributed by atoms with van der Waals surface area (Å²) in [6.07, 6.45) is 2.75. The molecule has 1 aromatic rings. The van der Waals surface area contributed by atoms with Crippen molar-refractivity contribution in [3.05, 3.63) is 11.7 Å². The van der Waals surface area contributed by atoms with Gasteiger partial charge in [0, 0.05) is 6.26 Å². The Kier molecular flexibility index (Phi) is 4.10. The molecule has 0 radical (unpaired) electrons. The molecule has 86 valence electrons. The van der Waals surface area contributed by atoms with Gasteiger partial charge in [-0.2, -0.15) is 4.98 Å². The third kappa shape index (κ3) is 4.17. The molecule has 0 aliphatic carbocycles. The highest BCUT2D eigenvalue weighted by molar-refractivity contribution is 7.89. The Hall–Kier alpha value is -0.620. The highest BCUT2D eigenvalue weighted by atomic mass is 35.5. The van der Waals surface area contributed by atoms with Gasteiger partial charge in [0.05, 0.1) is 5.38 Å². The zero-order chi connectivity index (χ0) is 11.5. The maximum atomic E-state index is 10.9. The lowest BCUT2D eigenvalue weighted by Gasteiger charge is -1.99. The minimum Gasteiger partial charge on any atom is -0.338 e. The molecule has 7 heteroatoms. The van der Waals surface area contributed by atoms with Crippen molar-refractivity contribution in [2.24, 2.45) is 0 Å². The summed E-state index contributed by atoms with van der Waals surface area (Å²) in [4.78, 5) is 3.93. The topological polar surface area (TPSA) is 73.1 Å². The summed E-state index contributed by atoms with van der Waals surface area (Å²) >= 11 is 5.96. The van der Waals surface area contributed by atoms with Gasteiger partial charge >= 0.3 is 0 Å². The summed E-state index contributed by atoms with van der Waals surface area (Å²) in [6.45, 7) is 1.99. The average Bonchev–Trinajstić information content (AvgIpc) is 2.50. The van der Waals surface area contributed by atoms with Crippen molar-refractivity contribution < 1.29 is 12.9 Å². The highest BCUT2D eigenvalue weighted by Crippen LogP contribution is 2.22. The fourth-order valence-electron chi connectivity index (χ4n) is 1.06. The van der Waals surface area contributed by atoms with Gasteiger partial charge in [-0.25, -0.2) is 8.42 Å². The molecule has 1 atom stereocenters. The van der Waals surface area contributed by atoms with E-state index in [1.54, 1.807) is 0 Å². The molecule has 1 unspecified atom stereocenters. The van der Waals surface area contributed by atoms with Crippen LogP contribution in [0.1, 0.15) is 36.9 Å². The predicted molar refractivity (Wildman–Crippen MR) is 56.3 cm³/mol. The lowest BCUT2D eigenvalue weighted by Crippen LogP contribution is -2.01. The third-order valence-electron chi connectivity index (χ3n) is 1.69. The van der Waals surface area contributed by atoms with Gasteiger partial charge in [-0.15, -0.1) is 11.6 Å². The summed E-state index contributed by atoms with van der Waals surface area (Å²) in [5.41, 5.74) is 0. The van der Waals surface area contributed by atoms with E-state index in [1.165, 1.54) is 0 Å². The molecule has 0 fully saturated rings. The molecular formula is C8H13ClN2O3S.